The van der Waals surface area contributed by atoms with Crippen LogP contribution in [0.25, 0.3) is 17.5 Å². The van der Waals surface area contributed by atoms with E-state index in [2.05, 4.69) is 10.2 Å². The van der Waals surface area contributed by atoms with Crippen molar-refractivity contribution >= 4 is 35.3 Å². The predicted molar refractivity (Wildman–Crippen MR) is 85.0 cm³/mol. The third kappa shape index (κ3) is 3.79. The number of benzene rings is 1. The molecule has 0 fully saturated rings. The quantitative estimate of drug-likeness (QED) is 0.375. The fourth-order valence-electron chi connectivity index (χ4n) is 1.66. The molecule has 2 heterocycles. The lowest BCUT2D eigenvalue weighted by Gasteiger charge is -1.93. The average molecular weight is 350 g/mol. The van der Waals surface area contributed by atoms with Gasteiger partial charge in [0.05, 0.1) is 6.07 Å². The van der Waals surface area contributed by atoms with Crippen molar-refractivity contribution in [3.8, 4) is 11.5 Å². The first-order valence-corrected chi connectivity index (χ1v) is 7.54. The molecule has 3 rings (SSSR count). The van der Waals surface area contributed by atoms with E-state index in [1.54, 1.807) is 35.7 Å². The Kier molecular flexibility index (Phi) is 4.45. The van der Waals surface area contributed by atoms with Gasteiger partial charge in [0.2, 0.25) is 5.89 Å². The van der Waals surface area contributed by atoms with Crippen molar-refractivity contribution in [3.63, 3.8) is 0 Å². The van der Waals surface area contributed by atoms with Gasteiger partial charge in [-0.25, -0.2) is 0 Å². The highest BCUT2D eigenvalue weighted by Crippen LogP contribution is 2.26. The number of halogens is 1. The Balaban J connectivity index is 1.65. The highest BCUT2D eigenvalue weighted by Gasteiger charge is 2.10. The van der Waals surface area contributed by atoms with Crippen molar-refractivity contribution in [3.05, 3.63) is 62.7 Å². The van der Waals surface area contributed by atoms with Gasteiger partial charge in [-0.15, -0.1) is 10.2 Å². The zero-order valence-electron chi connectivity index (χ0n) is 11.4. The molecule has 2 aromatic heterocycles. The summed E-state index contributed by atoms with van der Waals surface area (Å²) in [4.78, 5) is 9.91. The molecule has 0 unspecified atom stereocenters. The van der Waals surface area contributed by atoms with E-state index in [-0.39, 0.29) is 5.88 Å². The largest absolute Gasteiger partial charge is 0.433 e. The van der Waals surface area contributed by atoms with Crippen molar-refractivity contribution < 1.29 is 13.8 Å². The van der Waals surface area contributed by atoms with Crippen molar-refractivity contribution in [2.45, 2.75) is 5.22 Å². The smallest absolute Gasteiger partial charge is 0.411 e. The van der Waals surface area contributed by atoms with Gasteiger partial charge in [-0.3, -0.25) is 10.1 Å². The van der Waals surface area contributed by atoms with Crippen LogP contribution in [0.5, 0.6) is 0 Å². The minimum absolute atomic E-state index is 0.308. The Hall–Kier alpha value is -2.58. The first-order valence-electron chi connectivity index (χ1n) is 6.29. The number of furan rings is 1. The van der Waals surface area contributed by atoms with Crippen LogP contribution in [0.1, 0.15) is 5.76 Å². The molecule has 0 saturated heterocycles. The second kappa shape index (κ2) is 6.67. The monoisotopic (exact) mass is 349 g/mol. The van der Waals surface area contributed by atoms with E-state index < -0.39 is 4.92 Å². The maximum absolute atomic E-state index is 10.5. The van der Waals surface area contributed by atoms with Gasteiger partial charge in [-0.05, 0) is 53.6 Å². The maximum Gasteiger partial charge on any atom is 0.433 e. The Bertz CT molecular complexity index is 857. The van der Waals surface area contributed by atoms with E-state index in [0.717, 1.165) is 5.56 Å². The Labute approximate surface area is 139 Å². The molecule has 0 N–H and O–H groups in total. The summed E-state index contributed by atoms with van der Waals surface area (Å²) in [5, 5.41) is 21.0. The van der Waals surface area contributed by atoms with Gasteiger partial charge < -0.3 is 8.83 Å². The summed E-state index contributed by atoms with van der Waals surface area (Å²) < 4.78 is 10.5. The number of aromatic nitrogens is 2. The number of nitrogens with zero attached hydrogens (tertiary/aromatic N) is 3. The average Bonchev–Trinajstić information content (AvgIpc) is 3.18. The van der Waals surface area contributed by atoms with Gasteiger partial charge in [0.25, 0.3) is 5.22 Å². The molecule has 0 atom stereocenters. The molecule has 3 aromatic rings. The summed E-state index contributed by atoms with van der Waals surface area (Å²) in [6.45, 7) is 0. The van der Waals surface area contributed by atoms with Crippen LogP contribution in [0.15, 0.2) is 55.9 Å². The molecule has 0 spiro atoms. The molecule has 7 nitrogen and oxygen atoms in total. The maximum atomic E-state index is 10.5. The number of hydrogen-bond donors (Lipinski definition) is 0. The summed E-state index contributed by atoms with van der Waals surface area (Å²) >= 11 is 7.00. The minimum Gasteiger partial charge on any atom is -0.411 e. The van der Waals surface area contributed by atoms with Crippen LogP contribution >= 0.6 is 23.4 Å². The van der Waals surface area contributed by atoms with Crippen LogP contribution < -0.4 is 0 Å². The van der Waals surface area contributed by atoms with Gasteiger partial charge in [0.1, 0.15) is 10.7 Å². The molecule has 9 heteroatoms. The van der Waals surface area contributed by atoms with E-state index in [0.29, 0.717) is 21.9 Å². The molecule has 0 aliphatic carbocycles. The summed E-state index contributed by atoms with van der Waals surface area (Å²) in [5.41, 5.74) is 0.763. The first-order chi connectivity index (χ1) is 11.1. The SMILES string of the molecule is O=[N+]([O-])c1ccc(/C=C/Sc2nnc(-c3ccc(Cl)cc3)o2)o1. The second-order valence-electron chi connectivity index (χ2n) is 4.23. The third-order valence-corrected chi connectivity index (χ3v) is 3.58. The highest BCUT2D eigenvalue weighted by atomic mass is 35.5. The van der Waals surface area contributed by atoms with Crippen LogP contribution in [0.4, 0.5) is 5.88 Å². The van der Waals surface area contributed by atoms with Crippen LogP contribution in [0, 0.1) is 10.1 Å². The standard InChI is InChI=1S/C14H8ClN3O4S/c15-10-3-1-9(2-4-10)13-16-17-14(22-13)23-8-7-11-5-6-12(21-11)18(19)20/h1-8H/b8-7+. The summed E-state index contributed by atoms with van der Waals surface area (Å²) in [6, 6.07) is 9.82. The third-order valence-electron chi connectivity index (χ3n) is 2.69. The Morgan fingerprint density at radius 3 is 2.61 bits per heavy atom. The number of hydrogen-bond acceptors (Lipinski definition) is 7. The normalized spacial score (nSPS) is 11.2. The Morgan fingerprint density at radius 2 is 1.91 bits per heavy atom. The van der Waals surface area contributed by atoms with Gasteiger partial charge >= 0.3 is 5.88 Å². The lowest BCUT2D eigenvalue weighted by molar-refractivity contribution is -0.402. The molecule has 0 aliphatic rings. The fourth-order valence-corrected chi connectivity index (χ4v) is 2.32. The topological polar surface area (TPSA) is 95.2 Å². The van der Waals surface area contributed by atoms with Gasteiger partial charge in [-0.2, -0.15) is 0 Å². The number of nitro groups is 1. The van der Waals surface area contributed by atoms with E-state index in [1.165, 1.54) is 23.9 Å². The van der Waals surface area contributed by atoms with Crippen LogP contribution in [-0.4, -0.2) is 15.1 Å². The molecule has 0 radical (unpaired) electrons. The van der Waals surface area contributed by atoms with Crippen molar-refractivity contribution in [2.24, 2.45) is 0 Å². The van der Waals surface area contributed by atoms with Gasteiger partial charge in [0.15, 0.2) is 0 Å². The molecular formula is C14H8ClN3O4S. The first kappa shape index (κ1) is 15.3. The summed E-state index contributed by atoms with van der Waals surface area (Å²) in [5.74, 6) is 0.435. The fraction of sp³-hybridized carbons (Fsp3) is 0. The van der Waals surface area contributed by atoms with Crippen molar-refractivity contribution in [1.82, 2.24) is 10.2 Å². The zero-order valence-corrected chi connectivity index (χ0v) is 13.0. The van der Waals surface area contributed by atoms with Crippen LogP contribution in [0.3, 0.4) is 0 Å². The molecule has 0 bridgehead atoms. The number of thioether (sulfide) groups is 1. The highest BCUT2D eigenvalue weighted by molar-refractivity contribution is 8.02. The summed E-state index contributed by atoms with van der Waals surface area (Å²) in [7, 11) is 0. The van der Waals surface area contributed by atoms with E-state index in [4.69, 9.17) is 20.4 Å². The van der Waals surface area contributed by atoms with Crippen molar-refractivity contribution in [1.29, 1.82) is 0 Å². The Morgan fingerprint density at radius 1 is 1.13 bits per heavy atom. The molecule has 23 heavy (non-hydrogen) atoms. The molecule has 116 valence electrons. The lowest BCUT2D eigenvalue weighted by Crippen LogP contribution is -1.82. The zero-order chi connectivity index (χ0) is 16.2. The summed E-state index contributed by atoms with van der Waals surface area (Å²) in [6.07, 6.45) is 1.57. The van der Waals surface area contributed by atoms with E-state index in [9.17, 15) is 10.1 Å². The van der Waals surface area contributed by atoms with E-state index >= 15 is 0 Å². The number of rotatable bonds is 5. The lowest BCUT2D eigenvalue weighted by atomic mass is 10.2. The van der Waals surface area contributed by atoms with Crippen molar-refractivity contribution in [2.75, 3.05) is 0 Å². The molecule has 0 aliphatic heterocycles. The molecule has 0 saturated carbocycles. The van der Waals surface area contributed by atoms with Gasteiger partial charge in [0, 0.05) is 10.6 Å². The predicted octanol–water partition coefficient (Wildman–Crippen LogP) is 4.65. The minimum atomic E-state index is -0.596. The van der Waals surface area contributed by atoms with E-state index in [1.807, 2.05) is 0 Å². The van der Waals surface area contributed by atoms with Crippen LogP contribution in [-0.2, 0) is 0 Å². The molecule has 0 amide bonds. The van der Waals surface area contributed by atoms with Crippen LogP contribution in [0.2, 0.25) is 5.02 Å². The molecular weight excluding hydrogens is 342 g/mol. The molecule has 1 aromatic carbocycles. The second-order valence-corrected chi connectivity index (χ2v) is 5.53. The van der Waals surface area contributed by atoms with Gasteiger partial charge in [-0.1, -0.05) is 11.6 Å².